The molecule has 4 heterocycles. The Balaban J connectivity index is 1.26. The summed E-state index contributed by atoms with van der Waals surface area (Å²) in [7, 11) is -2.01. The van der Waals surface area contributed by atoms with Crippen molar-refractivity contribution in [3.63, 3.8) is 0 Å². The topological polar surface area (TPSA) is 89.0 Å². The smallest absolute Gasteiger partial charge is 0.379 e. The van der Waals surface area contributed by atoms with E-state index in [2.05, 4.69) is 4.98 Å². The highest BCUT2D eigenvalue weighted by Gasteiger charge is 2.60. The predicted octanol–water partition coefficient (Wildman–Crippen LogP) is 4.28. The average molecular weight is 622 g/mol. The number of halogens is 3. The van der Waals surface area contributed by atoms with Crippen LogP contribution in [0.25, 0.3) is 0 Å². The molecule has 1 aromatic carbocycles. The van der Waals surface area contributed by atoms with Crippen LogP contribution in [0.4, 0.5) is 13.2 Å². The summed E-state index contributed by atoms with van der Waals surface area (Å²) in [4.78, 5) is 20.2. The van der Waals surface area contributed by atoms with Crippen LogP contribution < -0.4 is 0 Å². The Morgan fingerprint density at radius 1 is 1.23 bits per heavy atom. The number of nitrogens with zero attached hydrogens (tertiary/aromatic N) is 3. The lowest BCUT2D eigenvalue weighted by atomic mass is 9.78. The molecule has 1 aliphatic carbocycles. The Bertz CT molecular complexity index is 1440. The number of rotatable bonds is 7. The zero-order chi connectivity index (χ0) is 30.4. The first-order chi connectivity index (χ1) is 20.5. The number of alkyl halides is 3. The summed E-state index contributed by atoms with van der Waals surface area (Å²) < 4.78 is 80.3. The number of hydrogen-bond acceptors (Lipinski definition) is 6. The molecule has 5 atom stereocenters. The monoisotopic (exact) mass is 621 g/mol. The number of hydrogen-bond donors (Lipinski definition) is 0. The Kier molecular flexibility index (Phi) is 8.33. The fraction of sp³-hybridized carbons (Fsp3) is 0.613. The molecule has 1 aromatic heterocycles. The number of ether oxygens (including phenoxy) is 2. The minimum absolute atomic E-state index is 0.0162. The lowest BCUT2D eigenvalue weighted by molar-refractivity contribution is -0.144. The van der Waals surface area contributed by atoms with E-state index < -0.39 is 27.2 Å². The lowest BCUT2D eigenvalue weighted by Crippen LogP contribution is -2.49. The maximum atomic E-state index is 14.5. The molecule has 1 saturated carbocycles. The maximum absolute atomic E-state index is 14.5. The molecule has 2 saturated heterocycles. The fourth-order valence-electron chi connectivity index (χ4n) is 7.84. The van der Waals surface area contributed by atoms with E-state index >= 15 is 0 Å². The summed E-state index contributed by atoms with van der Waals surface area (Å²) in [5.74, 6) is 0.0354. The van der Waals surface area contributed by atoms with Gasteiger partial charge in [0, 0.05) is 58.2 Å². The second-order valence-corrected chi connectivity index (χ2v) is 14.6. The van der Waals surface area contributed by atoms with Crippen LogP contribution in [0, 0.1) is 23.2 Å². The van der Waals surface area contributed by atoms with Crippen molar-refractivity contribution in [2.45, 2.75) is 56.7 Å². The number of methoxy groups -OCH3 is 1. The zero-order valence-electron chi connectivity index (χ0n) is 24.3. The highest BCUT2D eigenvalue weighted by molar-refractivity contribution is 7.88. The molecule has 3 aliphatic heterocycles. The van der Waals surface area contributed by atoms with Crippen LogP contribution in [0.3, 0.4) is 0 Å². The van der Waals surface area contributed by atoms with Crippen LogP contribution >= 0.6 is 0 Å². The van der Waals surface area contributed by atoms with E-state index in [0.717, 1.165) is 31.5 Å². The molecule has 43 heavy (non-hydrogen) atoms. The van der Waals surface area contributed by atoms with Gasteiger partial charge in [-0.3, -0.25) is 9.78 Å². The molecule has 0 spiro atoms. The van der Waals surface area contributed by atoms with E-state index in [1.807, 2.05) is 6.07 Å². The first kappa shape index (κ1) is 30.5. The minimum atomic E-state index is -4.53. The van der Waals surface area contributed by atoms with Crippen LogP contribution in [-0.4, -0.2) is 74.6 Å². The summed E-state index contributed by atoms with van der Waals surface area (Å²) in [6, 6.07) is 10.1. The first-order valence-corrected chi connectivity index (χ1v) is 16.6. The van der Waals surface area contributed by atoms with Crippen molar-refractivity contribution in [2.24, 2.45) is 23.2 Å². The van der Waals surface area contributed by atoms with Crippen molar-refractivity contribution in [3.05, 3.63) is 65.0 Å². The molecular weight excluding hydrogens is 583 g/mol. The highest BCUT2D eigenvalue weighted by atomic mass is 32.2. The number of aromatic nitrogens is 1. The third-order valence-electron chi connectivity index (χ3n) is 9.98. The highest BCUT2D eigenvalue weighted by Crippen LogP contribution is 2.55. The van der Waals surface area contributed by atoms with Crippen LogP contribution in [0.2, 0.25) is 0 Å². The molecule has 0 N–H and O–H groups in total. The third kappa shape index (κ3) is 6.08. The fourth-order valence-corrected chi connectivity index (χ4v) is 9.47. The second kappa shape index (κ2) is 11.8. The van der Waals surface area contributed by atoms with Gasteiger partial charge in [0.1, 0.15) is 0 Å². The first-order valence-electron chi connectivity index (χ1n) is 14.9. The maximum Gasteiger partial charge on any atom is 0.417 e. The summed E-state index contributed by atoms with van der Waals surface area (Å²) in [6.45, 7) is 1.93. The second-order valence-electron chi connectivity index (χ2n) is 12.6. The van der Waals surface area contributed by atoms with Crippen molar-refractivity contribution in [2.75, 3.05) is 40.0 Å². The normalized spacial score (nSPS) is 29.8. The molecular formula is C31H38F3N3O5S. The Hall–Kier alpha value is -2.54. The van der Waals surface area contributed by atoms with Crippen LogP contribution in [-0.2, 0) is 49.2 Å². The quantitative estimate of drug-likeness (QED) is 0.459. The van der Waals surface area contributed by atoms with Gasteiger partial charge in [-0.1, -0.05) is 30.3 Å². The lowest BCUT2D eigenvalue weighted by Gasteiger charge is -2.37. The van der Waals surface area contributed by atoms with Gasteiger partial charge >= 0.3 is 6.18 Å². The van der Waals surface area contributed by atoms with Gasteiger partial charge < -0.3 is 14.4 Å². The van der Waals surface area contributed by atoms with Crippen molar-refractivity contribution in [1.82, 2.24) is 14.2 Å². The SMILES string of the molecule is COC1COCCC1C[C@@H]1C[C@H]2CN(S(=O)(=O)Cc3ccccc3)C[C@@]2(C(=O)N2CCc3ncc(C(F)(F)F)cc3C2)C1. The van der Waals surface area contributed by atoms with E-state index in [0.29, 0.717) is 55.3 Å². The predicted molar refractivity (Wildman–Crippen MR) is 152 cm³/mol. The van der Waals surface area contributed by atoms with E-state index in [1.54, 1.807) is 36.3 Å². The van der Waals surface area contributed by atoms with Crippen LogP contribution in [0.15, 0.2) is 42.6 Å². The van der Waals surface area contributed by atoms with Gasteiger partial charge in [0.25, 0.3) is 0 Å². The molecule has 6 rings (SSSR count). The molecule has 12 heteroatoms. The van der Waals surface area contributed by atoms with E-state index in [9.17, 15) is 26.4 Å². The van der Waals surface area contributed by atoms with Crippen molar-refractivity contribution >= 4 is 15.9 Å². The molecule has 2 unspecified atom stereocenters. The number of benzene rings is 1. The molecule has 4 aliphatic rings. The van der Waals surface area contributed by atoms with Gasteiger partial charge in [0.2, 0.25) is 15.9 Å². The number of carbonyl (C=O) groups excluding carboxylic acids is 1. The number of fused-ring (bicyclic) bond motifs is 2. The standard InChI is InChI=1S/C31H38F3N3O5S/c1-41-28-18-42-10-8-23(28)11-22-12-26-17-37(43(39,40)19-21-5-3-2-4-6-21)20-30(26,14-22)29(38)36-9-7-27-24(16-36)13-25(15-35-27)31(32,33)34/h2-6,13,15,22-23,26,28H,7-12,14,16-20H2,1H3/t22-,23?,26+,28?,30+/m1/s1. The molecule has 1 amide bonds. The summed E-state index contributed by atoms with van der Waals surface area (Å²) in [5.41, 5.74) is -0.105. The average Bonchev–Trinajstić information content (AvgIpc) is 3.52. The van der Waals surface area contributed by atoms with Gasteiger partial charge in [0.05, 0.1) is 29.4 Å². The van der Waals surface area contributed by atoms with Gasteiger partial charge in [0.15, 0.2) is 0 Å². The number of pyridine rings is 1. The molecule has 8 nitrogen and oxygen atoms in total. The Morgan fingerprint density at radius 2 is 2.02 bits per heavy atom. The largest absolute Gasteiger partial charge is 0.417 e. The number of amides is 1. The molecule has 0 bridgehead atoms. The van der Waals surface area contributed by atoms with Crippen LogP contribution in [0.1, 0.15) is 48.1 Å². The zero-order valence-corrected chi connectivity index (χ0v) is 25.1. The van der Waals surface area contributed by atoms with Gasteiger partial charge in [-0.15, -0.1) is 0 Å². The number of carbonyl (C=O) groups is 1. The van der Waals surface area contributed by atoms with Crippen molar-refractivity contribution < 1.29 is 35.9 Å². The summed E-state index contributed by atoms with van der Waals surface area (Å²) in [5, 5.41) is 0. The summed E-state index contributed by atoms with van der Waals surface area (Å²) in [6.07, 6.45) is -0.328. The Labute approximate surface area is 250 Å². The van der Waals surface area contributed by atoms with E-state index in [1.165, 1.54) is 4.31 Å². The molecule has 2 aromatic rings. The number of sulfonamides is 1. The molecule has 234 valence electrons. The van der Waals surface area contributed by atoms with E-state index in [4.69, 9.17) is 9.47 Å². The summed E-state index contributed by atoms with van der Waals surface area (Å²) >= 11 is 0. The Morgan fingerprint density at radius 3 is 2.77 bits per heavy atom. The van der Waals surface area contributed by atoms with Crippen LogP contribution in [0.5, 0.6) is 0 Å². The van der Waals surface area contributed by atoms with Crippen molar-refractivity contribution in [1.29, 1.82) is 0 Å². The third-order valence-corrected chi connectivity index (χ3v) is 11.7. The van der Waals surface area contributed by atoms with Crippen molar-refractivity contribution in [3.8, 4) is 0 Å². The molecule has 3 fully saturated rings. The van der Waals surface area contributed by atoms with Gasteiger partial charge in [-0.05, 0) is 60.6 Å². The van der Waals surface area contributed by atoms with Gasteiger partial charge in [-0.25, -0.2) is 12.7 Å². The van der Waals surface area contributed by atoms with Gasteiger partial charge in [-0.2, -0.15) is 13.2 Å². The van der Waals surface area contributed by atoms with E-state index in [-0.39, 0.29) is 49.2 Å². The molecule has 0 radical (unpaired) electrons. The minimum Gasteiger partial charge on any atom is -0.379 e.